The van der Waals surface area contributed by atoms with E-state index >= 15 is 0 Å². The number of unbranched alkanes of at least 4 members (excludes halogenated alkanes) is 5. The molecule has 0 aliphatic heterocycles. The Labute approximate surface area is 134 Å². The minimum absolute atomic E-state index is 0.0926. The Hall–Kier alpha value is -0.690. The molecular formula is C16H34NO5+. The van der Waals surface area contributed by atoms with E-state index in [-0.39, 0.29) is 24.2 Å². The van der Waals surface area contributed by atoms with E-state index in [0.717, 1.165) is 6.42 Å². The van der Waals surface area contributed by atoms with Gasteiger partial charge in [0.25, 0.3) is 0 Å². The van der Waals surface area contributed by atoms with Crippen molar-refractivity contribution in [3.8, 4) is 0 Å². The number of aliphatic hydroxyl groups excluding tert-OH is 2. The molecule has 0 saturated carbocycles. The maximum absolute atomic E-state index is 11.0. The zero-order valence-electron chi connectivity index (χ0n) is 14.0. The zero-order chi connectivity index (χ0) is 16.7. The van der Waals surface area contributed by atoms with Gasteiger partial charge < -0.3 is 24.5 Å². The highest BCUT2D eigenvalue weighted by Crippen LogP contribution is 2.08. The molecule has 3 N–H and O–H groups in total. The molecule has 132 valence electrons. The first-order chi connectivity index (χ1) is 10.6. The van der Waals surface area contributed by atoms with Gasteiger partial charge in [0, 0.05) is 6.61 Å². The van der Waals surface area contributed by atoms with Crippen LogP contribution in [0.25, 0.3) is 0 Å². The van der Waals surface area contributed by atoms with Crippen LogP contribution in [-0.2, 0) is 9.53 Å². The summed E-state index contributed by atoms with van der Waals surface area (Å²) in [6.45, 7) is 4.23. The van der Waals surface area contributed by atoms with Crippen molar-refractivity contribution in [1.82, 2.24) is 0 Å². The van der Waals surface area contributed by atoms with Gasteiger partial charge in [-0.1, -0.05) is 39.0 Å². The summed E-state index contributed by atoms with van der Waals surface area (Å²) in [7, 11) is 0. The molecule has 0 aromatic heterocycles. The number of hydrogen-bond donors (Lipinski definition) is 3. The first kappa shape index (κ1) is 21.3. The predicted octanol–water partition coefficient (Wildman–Crippen LogP) is 1.25. The van der Waals surface area contributed by atoms with Gasteiger partial charge in [-0.3, -0.25) is 0 Å². The number of aliphatic hydroxyl groups is 2. The highest BCUT2D eigenvalue weighted by atomic mass is 16.5. The molecule has 6 heteroatoms. The van der Waals surface area contributed by atoms with Crippen LogP contribution in [0.1, 0.15) is 45.4 Å². The number of nitrogens with zero attached hydrogens (tertiary/aromatic N) is 1. The lowest BCUT2D eigenvalue weighted by Crippen LogP contribution is -2.56. The Balaban J connectivity index is 3.94. The number of rotatable bonds is 16. The summed E-state index contributed by atoms with van der Waals surface area (Å²) in [5.74, 6) is -0.919. The van der Waals surface area contributed by atoms with E-state index in [4.69, 9.17) is 20.1 Å². The van der Waals surface area contributed by atoms with Crippen molar-refractivity contribution >= 4 is 5.97 Å². The van der Waals surface area contributed by atoms with Crippen molar-refractivity contribution in [1.29, 1.82) is 0 Å². The fraction of sp³-hybridized carbons (Fsp3) is 0.938. The molecule has 0 unspecified atom stereocenters. The van der Waals surface area contributed by atoms with Crippen LogP contribution in [0.4, 0.5) is 0 Å². The van der Waals surface area contributed by atoms with Gasteiger partial charge in [0.2, 0.25) is 0 Å². The molecule has 0 aliphatic carbocycles. The maximum atomic E-state index is 11.0. The topological polar surface area (TPSA) is 87.0 Å². The summed E-state index contributed by atoms with van der Waals surface area (Å²) in [6.07, 6.45) is 7.26. The minimum Gasteiger partial charge on any atom is -0.477 e. The average Bonchev–Trinajstić information content (AvgIpc) is 2.45. The summed E-state index contributed by atoms with van der Waals surface area (Å²) in [5.41, 5.74) is 0. The molecule has 0 rings (SSSR count). The van der Waals surface area contributed by atoms with Crippen molar-refractivity contribution in [2.45, 2.75) is 45.4 Å². The number of carboxylic acid groups (broad SMARTS) is 1. The summed E-state index contributed by atoms with van der Waals surface area (Å²) >= 11 is 0. The molecule has 0 amide bonds. The van der Waals surface area contributed by atoms with Crippen LogP contribution in [0.2, 0.25) is 0 Å². The van der Waals surface area contributed by atoms with E-state index in [1.165, 1.54) is 32.1 Å². The second-order valence-corrected chi connectivity index (χ2v) is 5.89. The monoisotopic (exact) mass is 320 g/mol. The average molecular weight is 320 g/mol. The second kappa shape index (κ2) is 13.9. The Morgan fingerprint density at radius 2 is 1.50 bits per heavy atom. The molecule has 0 radical (unpaired) electrons. The summed E-state index contributed by atoms with van der Waals surface area (Å²) in [6, 6.07) is 0. The van der Waals surface area contributed by atoms with Crippen LogP contribution in [0.5, 0.6) is 0 Å². The first-order valence-corrected chi connectivity index (χ1v) is 8.46. The first-order valence-electron chi connectivity index (χ1n) is 8.46. The Morgan fingerprint density at radius 1 is 0.909 bits per heavy atom. The molecule has 0 atom stereocenters. The SMILES string of the molecule is CCCCCCCCOCC[N+](CCO)(CCO)CC(=O)O. The predicted molar refractivity (Wildman–Crippen MR) is 85.7 cm³/mol. The van der Waals surface area contributed by atoms with Gasteiger partial charge in [0.15, 0.2) is 6.54 Å². The Kier molecular flexibility index (Phi) is 13.5. The molecule has 0 aromatic carbocycles. The van der Waals surface area contributed by atoms with Crippen molar-refractivity contribution < 1.29 is 29.3 Å². The number of carboxylic acids is 1. The normalized spacial score (nSPS) is 11.8. The van der Waals surface area contributed by atoms with Gasteiger partial charge in [-0.2, -0.15) is 0 Å². The third-order valence-corrected chi connectivity index (χ3v) is 3.97. The molecule has 0 saturated heterocycles. The number of aliphatic carboxylic acids is 1. The standard InChI is InChI=1S/C16H33NO5/c1-2-3-4-5-6-7-13-22-14-10-17(8-11-18,9-12-19)15-16(20)21/h18-19H,2-15H2,1H3/p+1. The number of hydrogen-bond acceptors (Lipinski definition) is 4. The summed E-state index contributed by atoms with van der Waals surface area (Å²) in [5, 5.41) is 27.3. The summed E-state index contributed by atoms with van der Waals surface area (Å²) < 4.78 is 5.76. The summed E-state index contributed by atoms with van der Waals surface area (Å²) in [4.78, 5) is 11.0. The Bertz CT molecular complexity index is 267. The lowest BCUT2D eigenvalue weighted by molar-refractivity contribution is -0.922. The molecular weight excluding hydrogens is 286 g/mol. The zero-order valence-corrected chi connectivity index (χ0v) is 14.0. The lowest BCUT2D eigenvalue weighted by Gasteiger charge is -2.36. The van der Waals surface area contributed by atoms with Crippen molar-refractivity contribution in [3.63, 3.8) is 0 Å². The quantitative estimate of drug-likeness (QED) is 0.294. The molecule has 22 heavy (non-hydrogen) atoms. The van der Waals surface area contributed by atoms with E-state index in [9.17, 15) is 4.79 Å². The molecule has 0 spiro atoms. The van der Waals surface area contributed by atoms with Crippen LogP contribution in [0.15, 0.2) is 0 Å². The third-order valence-electron chi connectivity index (χ3n) is 3.97. The van der Waals surface area contributed by atoms with E-state index in [2.05, 4.69) is 6.92 Å². The van der Waals surface area contributed by atoms with Gasteiger partial charge in [0.05, 0.1) is 19.8 Å². The number of carbonyl (C=O) groups is 1. The van der Waals surface area contributed by atoms with Crippen LogP contribution in [0.3, 0.4) is 0 Å². The second-order valence-electron chi connectivity index (χ2n) is 5.89. The fourth-order valence-electron chi connectivity index (χ4n) is 2.63. The van der Waals surface area contributed by atoms with Gasteiger partial charge in [-0.15, -0.1) is 0 Å². The van der Waals surface area contributed by atoms with Crippen molar-refractivity contribution in [3.05, 3.63) is 0 Å². The maximum Gasteiger partial charge on any atom is 0.359 e. The number of quaternary nitrogens is 1. The molecule has 6 nitrogen and oxygen atoms in total. The number of ether oxygens (including phenoxy) is 1. The van der Waals surface area contributed by atoms with Gasteiger partial charge in [0.1, 0.15) is 19.6 Å². The van der Waals surface area contributed by atoms with Crippen LogP contribution in [0, 0.1) is 0 Å². The van der Waals surface area contributed by atoms with Gasteiger partial charge in [-0.05, 0) is 6.42 Å². The smallest absolute Gasteiger partial charge is 0.359 e. The van der Waals surface area contributed by atoms with E-state index in [1.54, 1.807) is 0 Å². The highest BCUT2D eigenvalue weighted by Gasteiger charge is 2.29. The van der Waals surface area contributed by atoms with Crippen LogP contribution >= 0.6 is 0 Å². The molecule has 0 fully saturated rings. The van der Waals surface area contributed by atoms with E-state index in [0.29, 0.717) is 32.8 Å². The minimum atomic E-state index is -0.919. The molecule has 0 heterocycles. The third kappa shape index (κ3) is 11.0. The van der Waals surface area contributed by atoms with Crippen LogP contribution in [-0.4, -0.2) is 78.4 Å². The van der Waals surface area contributed by atoms with E-state index < -0.39 is 5.97 Å². The van der Waals surface area contributed by atoms with Crippen molar-refractivity contribution in [2.75, 3.05) is 52.6 Å². The largest absolute Gasteiger partial charge is 0.477 e. The van der Waals surface area contributed by atoms with Gasteiger partial charge in [-0.25, -0.2) is 4.79 Å². The van der Waals surface area contributed by atoms with Crippen LogP contribution < -0.4 is 0 Å². The highest BCUT2D eigenvalue weighted by molar-refractivity contribution is 5.67. The fourth-order valence-corrected chi connectivity index (χ4v) is 2.63. The molecule has 0 aliphatic rings. The molecule has 0 aromatic rings. The lowest BCUT2D eigenvalue weighted by atomic mass is 10.1. The molecule has 0 bridgehead atoms. The van der Waals surface area contributed by atoms with Gasteiger partial charge >= 0.3 is 5.97 Å². The van der Waals surface area contributed by atoms with Crippen molar-refractivity contribution in [2.24, 2.45) is 0 Å². The van der Waals surface area contributed by atoms with E-state index in [1.807, 2.05) is 0 Å². The Morgan fingerprint density at radius 3 is 2.05 bits per heavy atom.